The van der Waals surface area contributed by atoms with Gasteiger partial charge in [-0.25, -0.2) is 8.42 Å². The topological polar surface area (TPSA) is 93.2 Å². The molecule has 0 aliphatic heterocycles. The third-order valence-electron chi connectivity index (χ3n) is 3.64. The first-order chi connectivity index (χ1) is 13.0. The number of nitrogens with zero attached hydrogens (tertiary/aromatic N) is 2. The average molecular weight is 384 g/mol. The fourth-order valence-corrected chi connectivity index (χ4v) is 3.40. The van der Waals surface area contributed by atoms with Gasteiger partial charge in [-0.2, -0.15) is 0 Å². The molecule has 0 aliphatic rings. The molecule has 0 amide bonds. The van der Waals surface area contributed by atoms with Gasteiger partial charge >= 0.3 is 0 Å². The molecule has 140 valence electrons. The highest BCUT2D eigenvalue weighted by atomic mass is 32.2. The summed E-state index contributed by atoms with van der Waals surface area (Å²) in [6.45, 7) is 4.38. The Labute approximate surface area is 158 Å². The third kappa shape index (κ3) is 4.95. The molecule has 3 rings (SSSR count). The summed E-state index contributed by atoms with van der Waals surface area (Å²) in [6, 6.07) is 17.2. The normalized spacial score (nSPS) is 11.0. The monoisotopic (exact) mass is 384 g/mol. The lowest BCUT2D eigenvalue weighted by atomic mass is 10.2. The quantitative estimate of drug-likeness (QED) is 0.645. The first-order valence-corrected chi connectivity index (χ1v) is 9.88. The van der Waals surface area contributed by atoms with Crippen molar-refractivity contribution >= 4 is 27.3 Å². The molecule has 0 atom stereocenters. The molecule has 0 aliphatic carbocycles. The summed E-state index contributed by atoms with van der Waals surface area (Å²) >= 11 is 0. The molecule has 1 aromatic heterocycles. The van der Waals surface area contributed by atoms with Crippen LogP contribution in [0.1, 0.15) is 12.5 Å². The number of sulfonamides is 1. The molecule has 3 aromatic rings. The van der Waals surface area contributed by atoms with Crippen molar-refractivity contribution in [2.45, 2.75) is 18.7 Å². The molecule has 2 aromatic carbocycles. The van der Waals surface area contributed by atoms with Gasteiger partial charge in [-0.1, -0.05) is 12.1 Å². The van der Waals surface area contributed by atoms with Crippen LogP contribution in [-0.4, -0.2) is 25.2 Å². The number of nitrogens with one attached hydrogen (secondary N) is 2. The van der Waals surface area contributed by atoms with Gasteiger partial charge in [0.15, 0.2) is 11.6 Å². The molecular weight excluding hydrogens is 364 g/mol. The summed E-state index contributed by atoms with van der Waals surface area (Å²) in [6.07, 6.45) is 0. The number of anilines is 3. The predicted molar refractivity (Wildman–Crippen MR) is 105 cm³/mol. The molecular formula is C19H20N4O3S. The van der Waals surface area contributed by atoms with E-state index in [9.17, 15) is 8.42 Å². The van der Waals surface area contributed by atoms with Gasteiger partial charge in [-0.15, -0.1) is 10.2 Å². The lowest BCUT2D eigenvalue weighted by molar-refractivity contribution is 0.340. The van der Waals surface area contributed by atoms with Gasteiger partial charge in [0.2, 0.25) is 0 Å². The number of aromatic nitrogens is 2. The van der Waals surface area contributed by atoms with Crippen molar-refractivity contribution in [1.82, 2.24) is 10.2 Å². The molecule has 7 nitrogen and oxygen atoms in total. The van der Waals surface area contributed by atoms with Gasteiger partial charge < -0.3 is 10.1 Å². The van der Waals surface area contributed by atoms with E-state index in [1.165, 1.54) is 12.1 Å². The zero-order valence-electron chi connectivity index (χ0n) is 15.0. The SMILES string of the molecule is CCOc1ccc(S(=O)(=O)Nc2ccc(Nc3cccc(C)c3)nn2)cc1. The van der Waals surface area contributed by atoms with Crippen LogP contribution >= 0.6 is 0 Å². The van der Waals surface area contributed by atoms with Crippen LogP contribution in [0.3, 0.4) is 0 Å². The summed E-state index contributed by atoms with van der Waals surface area (Å²) in [4.78, 5) is 0.120. The van der Waals surface area contributed by atoms with Gasteiger partial charge in [0.05, 0.1) is 11.5 Å². The Morgan fingerprint density at radius 2 is 1.67 bits per heavy atom. The van der Waals surface area contributed by atoms with Crippen LogP contribution in [0.15, 0.2) is 65.6 Å². The van der Waals surface area contributed by atoms with Crippen LogP contribution in [0.5, 0.6) is 5.75 Å². The second-order valence-electron chi connectivity index (χ2n) is 5.81. The van der Waals surface area contributed by atoms with E-state index >= 15 is 0 Å². The minimum Gasteiger partial charge on any atom is -0.494 e. The van der Waals surface area contributed by atoms with Crippen molar-refractivity contribution in [1.29, 1.82) is 0 Å². The van der Waals surface area contributed by atoms with Gasteiger partial charge in [0.25, 0.3) is 10.0 Å². The first kappa shape index (κ1) is 18.7. The zero-order valence-corrected chi connectivity index (χ0v) is 15.8. The van der Waals surface area contributed by atoms with Crippen LogP contribution in [0, 0.1) is 6.92 Å². The third-order valence-corrected chi connectivity index (χ3v) is 5.01. The molecule has 8 heteroatoms. The standard InChI is InChI=1S/C19H20N4O3S/c1-3-26-16-7-9-17(10-8-16)27(24,25)23-19-12-11-18(21-22-19)20-15-6-4-5-14(2)13-15/h4-13H,3H2,1-2H3,(H,20,21)(H,22,23). The Kier molecular flexibility index (Phi) is 5.56. The summed E-state index contributed by atoms with van der Waals surface area (Å²) in [5.41, 5.74) is 2.00. The number of ether oxygens (including phenoxy) is 1. The Hall–Kier alpha value is -3.13. The zero-order chi connectivity index (χ0) is 19.3. The van der Waals surface area contributed by atoms with Gasteiger partial charge in [-0.05, 0) is 67.9 Å². The molecule has 0 spiro atoms. The molecule has 0 saturated carbocycles. The van der Waals surface area contributed by atoms with E-state index in [0.29, 0.717) is 18.2 Å². The number of hydrogen-bond acceptors (Lipinski definition) is 6. The van der Waals surface area contributed by atoms with Crippen LogP contribution < -0.4 is 14.8 Å². The van der Waals surface area contributed by atoms with E-state index < -0.39 is 10.0 Å². The van der Waals surface area contributed by atoms with Crippen molar-refractivity contribution in [2.75, 3.05) is 16.6 Å². The molecule has 0 saturated heterocycles. The summed E-state index contributed by atoms with van der Waals surface area (Å²) in [5.74, 6) is 1.27. The van der Waals surface area contributed by atoms with Crippen molar-refractivity contribution < 1.29 is 13.2 Å². The molecule has 0 radical (unpaired) electrons. The Bertz CT molecular complexity index is 1000. The molecule has 0 unspecified atom stereocenters. The minimum atomic E-state index is -3.75. The molecule has 27 heavy (non-hydrogen) atoms. The maximum absolute atomic E-state index is 12.4. The summed E-state index contributed by atoms with van der Waals surface area (Å²) < 4.78 is 32.6. The second-order valence-corrected chi connectivity index (χ2v) is 7.49. The molecule has 2 N–H and O–H groups in total. The van der Waals surface area contributed by atoms with E-state index in [0.717, 1.165) is 11.3 Å². The van der Waals surface area contributed by atoms with Crippen molar-refractivity contribution in [3.63, 3.8) is 0 Å². The number of hydrogen-bond donors (Lipinski definition) is 2. The largest absolute Gasteiger partial charge is 0.494 e. The minimum absolute atomic E-state index is 0.120. The number of benzene rings is 2. The predicted octanol–water partition coefficient (Wildman–Crippen LogP) is 3.73. The second kappa shape index (κ2) is 8.05. The maximum Gasteiger partial charge on any atom is 0.263 e. The van der Waals surface area contributed by atoms with Crippen molar-refractivity contribution in [3.8, 4) is 5.75 Å². The van der Waals surface area contributed by atoms with E-state index in [-0.39, 0.29) is 10.7 Å². The lowest BCUT2D eigenvalue weighted by Gasteiger charge is -2.09. The van der Waals surface area contributed by atoms with E-state index in [2.05, 4.69) is 20.2 Å². The van der Waals surface area contributed by atoms with Gasteiger partial charge in [-0.3, -0.25) is 4.72 Å². The molecule has 0 fully saturated rings. The van der Waals surface area contributed by atoms with Gasteiger partial charge in [0, 0.05) is 5.69 Å². The fraction of sp³-hybridized carbons (Fsp3) is 0.158. The van der Waals surface area contributed by atoms with E-state index in [1.807, 2.05) is 38.1 Å². The Balaban J connectivity index is 1.69. The van der Waals surface area contributed by atoms with Gasteiger partial charge in [0.1, 0.15) is 5.75 Å². The number of rotatable bonds is 7. The van der Waals surface area contributed by atoms with Crippen LogP contribution in [0.4, 0.5) is 17.3 Å². The molecule has 0 bridgehead atoms. The van der Waals surface area contributed by atoms with Crippen molar-refractivity contribution in [2.24, 2.45) is 0 Å². The highest BCUT2D eigenvalue weighted by molar-refractivity contribution is 7.92. The summed E-state index contributed by atoms with van der Waals surface area (Å²) in [5, 5.41) is 11.1. The van der Waals surface area contributed by atoms with Crippen LogP contribution in [-0.2, 0) is 10.0 Å². The van der Waals surface area contributed by atoms with Crippen LogP contribution in [0.2, 0.25) is 0 Å². The summed E-state index contributed by atoms with van der Waals surface area (Å²) in [7, 11) is -3.75. The highest BCUT2D eigenvalue weighted by Gasteiger charge is 2.15. The lowest BCUT2D eigenvalue weighted by Crippen LogP contribution is -2.14. The highest BCUT2D eigenvalue weighted by Crippen LogP contribution is 2.20. The number of aryl methyl sites for hydroxylation is 1. The molecule has 1 heterocycles. The van der Waals surface area contributed by atoms with Crippen LogP contribution in [0.25, 0.3) is 0 Å². The van der Waals surface area contributed by atoms with E-state index in [4.69, 9.17) is 4.74 Å². The van der Waals surface area contributed by atoms with E-state index in [1.54, 1.807) is 24.3 Å². The van der Waals surface area contributed by atoms with Crippen molar-refractivity contribution in [3.05, 3.63) is 66.2 Å². The smallest absolute Gasteiger partial charge is 0.263 e. The Morgan fingerprint density at radius 1 is 0.963 bits per heavy atom. The Morgan fingerprint density at radius 3 is 2.30 bits per heavy atom. The first-order valence-electron chi connectivity index (χ1n) is 8.39. The average Bonchev–Trinajstić information content (AvgIpc) is 2.64. The maximum atomic E-state index is 12.4. The fourth-order valence-electron chi connectivity index (χ4n) is 2.40.